The van der Waals surface area contributed by atoms with Gasteiger partial charge >= 0.3 is 0 Å². The van der Waals surface area contributed by atoms with E-state index in [-0.39, 0.29) is 18.4 Å². The van der Waals surface area contributed by atoms with Gasteiger partial charge in [0.1, 0.15) is 5.52 Å². The van der Waals surface area contributed by atoms with Crippen LogP contribution in [0.2, 0.25) is 0 Å². The number of hydrogen-bond acceptors (Lipinski definition) is 4. The van der Waals surface area contributed by atoms with Crippen LogP contribution in [0.4, 0.5) is 0 Å². The van der Waals surface area contributed by atoms with E-state index in [4.69, 9.17) is 5.11 Å². The number of aromatic nitrogens is 3. The highest BCUT2D eigenvalue weighted by molar-refractivity contribution is 5.96. The summed E-state index contributed by atoms with van der Waals surface area (Å²) in [7, 11) is 0. The summed E-state index contributed by atoms with van der Waals surface area (Å²) in [5.74, 6) is 0.155. The maximum absolute atomic E-state index is 12.4. The van der Waals surface area contributed by atoms with Gasteiger partial charge in [-0.05, 0) is 11.6 Å². The number of aliphatic hydroxyl groups excluding tert-OH is 1. The Morgan fingerprint density at radius 3 is 2.75 bits per heavy atom. The number of amides is 1. The second kappa shape index (κ2) is 6.05. The van der Waals surface area contributed by atoms with Gasteiger partial charge in [-0.15, -0.1) is 0 Å². The molecule has 0 unspecified atom stereocenters. The molecular weight excluding hydrogens is 304 g/mol. The van der Waals surface area contributed by atoms with Crippen LogP contribution in [0, 0.1) is 5.92 Å². The predicted octanol–water partition coefficient (Wildman–Crippen LogP) is 1.54. The lowest BCUT2D eigenvalue weighted by molar-refractivity contribution is 0.0362. The standard InChI is InChI=1S/C18H18N4O2/c23-11-14-9-21(10-14)18(24)15-6-16-17(19-7-15)22(12-20-16)8-13-4-2-1-3-5-13/h1-7,12,14,23H,8-11H2. The molecule has 1 aromatic carbocycles. The van der Waals surface area contributed by atoms with E-state index in [9.17, 15) is 4.79 Å². The van der Waals surface area contributed by atoms with E-state index in [2.05, 4.69) is 22.1 Å². The lowest BCUT2D eigenvalue weighted by Gasteiger charge is -2.38. The lowest BCUT2D eigenvalue weighted by atomic mass is 10.0. The maximum Gasteiger partial charge on any atom is 0.255 e. The first kappa shape index (κ1) is 14.8. The molecule has 1 amide bonds. The van der Waals surface area contributed by atoms with Crippen LogP contribution in [-0.4, -0.2) is 50.1 Å². The molecule has 1 aliphatic heterocycles. The minimum absolute atomic E-state index is 0.0493. The number of fused-ring (bicyclic) bond motifs is 1. The number of benzene rings is 1. The fraction of sp³-hybridized carbons (Fsp3) is 0.278. The van der Waals surface area contributed by atoms with Gasteiger partial charge in [0, 0.05) is 31.8 Å². The molecule has 0 spiro atoms. The zero-order valence-electron chi connectivity index (χ0n) is 13.2. The Morgan fingerprint density at radius 2 is 2.00 bits per heavy atom. The topological polar surface area (TPSA) is 71.2 Å². The molecular formula is C18H18N4O2. The molecule has 3 aromatic rings. The van der Waals surface area contributed by atoms with Crippen molar-refractivity contribution < 1.29 is 9.90 Å². The van der Waals surface area contributed by atoms with Gasteiger partial charge < -0.3 is 14.6 Å². The molecule has 1 aliphatic rings. The van der Waals surface area contributed by atoms with Gasteiger partial charge in [0.15, 0.2) is 5.65 Å². The Kier molecular flexibility index (Phi) is 3.74. The van der Waals surface area contributed by atoms with E-state index >= 15 is 0 Å². The summed E-state index contributed by atoms with van der Waals surface area (Å²) < 4.78 is 1.98. The lowest BCUT2D eigenvalue weighted by Crippen LogP contribution is -2.51. The highest BCUT2D eigenvalue weighted by Crippen LogP contribution is 2.20. The maximum atomic E-state index is 12.4. The normalized spacial score (nSPS) is 14.8. The van der Waals surface area contributed by atoms with Crippen molar-refractivity contribution in [2.45, 2.75) is 6.54 Å². The smallest absolute Gasteiger partial charge is 0.255 e. The summed E-state index contributed by atoms with van der Waals surface area (Å²) in [5, 5.41) is 9.06. The van der Waals surface area contributed by atoms with Gasteiger partial charge in [-0.25, -0.2) is 9.97 Å². The molecule has 2 aromatic heterocycles. The number of carbonyl (C=O) groups is 1. The summed E-state index contributed by atoms with van der Waals surface area (Å²) >= 11 is 0. The van der Waals surface area contributed by atoms with Crippen LogP contribution in [0.25, 0.3) is 11.2 Å². The van der Waals surface area contributed by atoms with Crippen molar-refractivity contribution >= 4 is 17.1 Å². The van der Waals surface area contributed by atoms with Gasteiger partial charge in [0.25, 0.3) is 5.91 Å². The van der Waals surface area contributed by atoms with Crippen molar-refractivity contribution in [3.63, 3.8) is 0 Å². The molecule has 6 nitrogen and oxygen atoms in total. The van der Waals surface area contributed by atoms with Crippen LogP contribution < -0.4 is 0 Å². The van der Waals surface area contributed by atoms with Crippen molar-refractivity contribution in [3.8, 4) is 0 Å². The predicted molar refractivity (Wildman–Crippen MR) is 89.6 cm³/mol. The van der Waals surface area contributed by atoms with Crippen molar-refractivity contribution in [2.75, 3.05) is 19.7 Å². The number of aliphatic hydroxyl groups is 1. The Morgan fingerprint density at radius 1 is 1.21 bits per heavy atom. The fourth-order valence-electron chi connectivity index (χ4n) is 3.00. The van der Waals surface area contributed by atoms with Crippen LogP contribution in [0.5, 0.6) is 0 Å². The third-order valence-corrected chi connectivity index (χ3v) is 4.40. The average molecular weight is 322 g/mol. The van der Waals surface area contributed by atoms with Crippen LogP contribution in [0.1, 0.15) is 15.9 Å². The Bertz CT molecular complexity index is 869. The fourth-order valence-corrected chi connectivity index (χ4v) is 3.00. The van der Waals surface area contributed by atoms with Crippen molar-refractivity contribution in [2.24, 2.45) is 5.92 Å². The molecule has 3 heterocycles. The molecule has 0 atom stereocenters. The van der Waals surface area contributed by atoms with Gasteiger partial charge in [-0.3, -0.25) is 4.79 Å². The van der Waals surface area contributed by atoms with E-state index in [0.29, 0.717) is 25.2 Å². The Balaban J connectivity index is 1.56. The number of nitrogens with zero attached hydrogens (tertiary/aromatic N) is 4. The van der Waals surface area contributed by atoms with Crippen molar-refractivity contribution in [3.05, 3.63) is 60.0 Å². The van der Waals surface area contributed by atoms with E-state index in [1.165, 1.54) is 5.56 Å². The molecule has 6 heteroatoms. The SMILES string of the molecule is O=C(c1cnc2c(c1)ncn2Cc1ccccc1)N1CC(CO)C1. The Hall–Kier alpha value is -2.73. The van der Waals surface area contributed by atoms with Gasteiger partial charge in [-0.1, -0.05) is 30.3 Å². The summed E-state index contributed by atoms with van der Waals surface area (Å²) in [5.41, 5.74) is 3.21. The minimum Gasteiger partial charge on any atom is -0.396 e. The number of likely N-dealkylation sites (tertiary alicyclic amines) is 1. The minimum atomic E-state index is -0.0493. The van der Waals surface area contributed by atoms with E-state index in [1.54, 1.807) is 23.5 Å². The summed E-state index contributed by atoms with van der Waals surface area (Å²) in [6, 6.07) is 11.9. The average Bonchev–Trinajstić information content (AvgIpc) is 2.97. The summed E-state index contributed by atoms with van der Waals surface area (Å²) in [6.45, 7) is 2.04. The first-order chi connectivity index (χ1) is 11.7. The van der Waals surface area contributed by atoms with Crippen molar-refractivity contribution in [1.29, 1.82) is 0 Å². The molecule has 4 rings (SSSR count). The highest BCUT2D eigenvalue weighted by Gasteiger charge is 2.30. The van der Waals surface area contributed by atoms with Gasteiger partial charge in [0.05, 0.1) is 18.4 Å². The zero-order valence-corrected chi connectivity index (χ0v) is 13.2. The molecule has 0 saturated carbocycles. The third-order valence-electron chi connectivity index (χ3n) is 4.40. The number of carbonyl (C=O) groups excluding carboxylic acids is 1. The Labute approximate surface area is 139 Å². The molecule has 1 saturated heterocycles. The number of imidazole rings is 1. The molecule has 1 fully saturated rings. The second-order valence-corrected chi connectivity index (χ2v) is 6.18. The van der Waals surface area contributed by atoms with Gasteiger partial charge in [0.2, 0.25) is 0 Å². The third kappa shape index (κ3) is 2.65. The van der Waals surface area contributed by atoms with Crippen LogP contribution in [-0.2, 0) is 6.54 Å². The molecule has 0 aliphatic carbocycles. The van der Waals surface area contributed by atoms with Crippen LogP contribution >= 0.6 is 0 Å². The molecule has 1 N–H and O–H groups in total. The second-order valence-electron chi connectivity index (χ2n) is 6.18. The zero-order chi connectivity index (χ0) is 16.5. The number of hydrogen-bond donors (Lipinski definition) is 1. The molecule has 0 bridgehead atoms. The van der Waals surface area contributed by atoms with E-state index in [0.717, 1.165) is 11.2 Å². The summed E-state index contributed by atoms with van der Waals surface area (Å²) in [6.07, 6.45) is 3.37. The van der Waals surface area contributed by atoms with Crippen LogP contribution in [0.15, 0.2) is 48.9 Å². The first-order valence-corrected chi connectivity index (χ1v) is 7.99. The molecule has 24 heavy (non-hydrogen) atoms. The van der Waals surface area contributed by atoms with Gasteiger partial charge in [-0.2, -0.15) is 0 Å². The van der Waals surface area contributed by atoms with E-state index in [1.807, 2.05) is 22.8 Å². The molecule has 122 valence electrons. The van der Waals surface area contributed by atoms with Crippen LogP contribution in [0.3, 0.4) is 0 Å². The molecule has 0 radical (unpaired) electrons. The number of pyridine rings is 1. The summed E-state index contributed by atoms with van der Waals surface area (Å²) in [4.78, 5) is 23.0. The first-order valence-electron chi connectivity index (χ1n) is 7.99. The highest BCUT2D eigenvalue weighted by atomic mass is 16.3. The van der Waals surface area contributed by atoms with Crippen molar-refractivity contribution in [1.82, 2.24) is 19.4 Å². The quantitative estimate of drug-likeness (QED) is 0.791. The van der Waals surface area contributed by atoms with E-state index < -0.39 is 0 Å². The number of rotatable bonds is 4. The largest absolute Gasteiger partial charge is 0.396 e. The monoisotopic (exact) mass is 322 g/mol.